The van der Waals surface area contributed by atoms with Gasteiger partial charge in [-0.05, 0) is 48.4 Å². The van der Waals surface area contributed by atoms with Crippen LogP contribution in [0.15, 0.2) is 60.7 Å². The average molecular weight is 506 g/mol. The van der Waals surface area contributed by atoms with Crippen LogP contribution in [-0.4, -0.2) is 40.1 Å². The third-order valence-corrected chi connectivity index (χ3v) is 7.11. The molecule has 4 rings (SSSR count). The Hall–Kier alpha value is -3.22. The molecule has 1 aliphatic rings. The van der Waals surface area contributed by atoms with Gasteiger partial charge in [-0.15, -0.1) is 0 Å². The molecule has 0 saturated heterocycles. The molecule has 6 heteroatoms. The number of fused-ring (bicyclic) bond motifs is 1. The third-order valence-electron chi connectivity index (χ3n) is 7.11. The summed E-state index contributed by atoms with van der Waals surface area (Å²) in [5, 5.41) is 20.9. The van der Waals surface area contributed by atoms with Gasteiger partial charge in [-0.25, -0.2) is 4.39 Å². The van der Waals surface area contributed by atoms with E-state index in [9.17, 15) is 19.4 Å². The second-order valence-corrected chi connectivity index (χ2v) is 9.77. The normalized spacial score (nSPS) is 16.9. The number of benzene rings is 2. The number of carbonyl (C=O) groups is 1. The molecule has 0 radical (unpaired) electrons. The Morgan fingerprint density at radius 2 is 1.86 bits per heavy atom. The summed E-state index contributed by atoms with van der Waals surface area (Å²) in [6, 6.07) is 16.8. The highest BCUT2D eigenvalue weighted by Crippen LogP contribution is 2.46. The number of esters is 1. The number of halogens is 1. The van der Waals surface area contributed by atoms with E-state index in [0.29, 0.717) is 5.92 Å². The summed E-state index contributed by atoms with van der Waals surface area (Å²) in [7, 11) is 1.27. The Balaban J connectivity index is 1.85. The van der Waals surface area contributed by atoms with Gasteiger partial charge in [0.2, 0.25) is 0 Å². The molecule has 1 aliphatic heterocycles. The number of aliphatic hydroxyl groups is 2. The van der Waals surface area contributed by atoms with Gasteiger partial charge in [-0.1, -0.05) is 68.0 Å². The number of rotatable bonds is 10. The zero-order valence-corrected chi connectivity index (χ0v) is 21.6. The molecule has 37 heavy (non-hydrogen) atoms. The smallest absolute Gasteiger partial charge is 0.308 e. The maximum absolute atomic E-state index is 13.9. The first-order chi connectivity index (χ1) is 17.9. The topological polar surface area (TPSA) is 71.7 Å². The Bertz CT molecular complexity index is 1220. The minimum absolute atomic E-state index is 0.0253. The molecule has 0 saturated carbocycles. The van der Waals surface area contributed by atoms with E-state index in [4.69, 9.17) is 0 Å². The van der Waals surface area contributed by atoms with Gasteiger partial charge in [0.25, 0.3) is 0 Å². The molecule has 3 atom stereocenters. The van der Waals surface area contributed by atoms with Crippen molar-refractivity contribution in [2.45, 2.75) is 70.1 Å². The van der Waals surface area contributed by atoms with Gasteiger partial charge < -0.3 is 19.5 Å². The lowest BCUT2D eigenvalue weighted by Crippen LogP contribution is -2.20. The summed E-state index contributed by atoms with van der Waals surface area (Å²) < 4.78 is 20.9. The molecule has 2 aromatic carbocycles. The summed E-state index contributed by atoms with van der Waals surface area (Å²) in [6.07, 6.45) is 5.85. The quantitative estimate of drug-likeness (QED) is 0.316. The molecule has 196 valence electrons. The molecule has 5 nitrogen and oxygen atoms in total. The van der Waals surface area contributed by atoms with Gasteiger partial charge in [0.15, 0.2) is 0 Å². The Labute approximate surface area is 218 Å². The van der Waals surface area contributed by atoms with Crippen molar-refractivity contribution >= 4 is 12.0 Å². The van der Waals surface area contributed by atoms with E-state index in [1.807, 2.05) is 36.4 Å². The van der Waals surface area contributed by atoms with Crippen LogP contribution in [0.5, 0.6) is 0 Å². The first-order valence-corrected chi connectivity index (χ1v) is 13.1. The van der Waals surface area contributed by atoms with E-state index in [1.54, 1.807) is 6.08 Å². The number of methoxy groups -OCH3 is 1. The van der Waals surface area contributed by atoms with E-state index in [1.165, 1.54) is 24.9 Å². The molecule has 0 amide bonds. The zero-order chi connectivity index (χ0) is 26.4. The van der Waals surface area contributed by atoms with Gasteiger partial charge in [0.05, 0.1) is 31.4 Å². The third kappa shape index (κ3) is 6.20. The number of nitrogens with zero attached hydrogens (tertiary/aromatic N) is 1. The maximum Gasteiger partial charge on any atom is 0.308 e. The Kier molecular flexibility index (Phi) is 8.95. The summed E-state index contributed by atoms with van der Waals surface area (Å²) in [5.74, 6) is -0.430. The van der Waals surface area contributed by atoms with Crippen molar-refractivity contribution in [3.05, 3.63) is 77.7 Å². The molecule has 2 N–H and O–H groups in total. The minimum Gasteiger partial charge on any atom is -0.469 e. The van der Waals surface area contributed by atoms with Crippen LogP contribution in [0.1, 0.15) is 62.6 Å². The lowest BCUT2D eigenvalue weighted by Gasteiger charge is -2.27. The van der Waals surface area contributed by atoms with Crippen LogP contribution >= 0.6 is 0 Å². The number of hydrogen-bond acceptors (Lipinski definition) is 4. The number of carbonyl (C=O) groups excluding carboxylic acids is 1. The van der Waals surface area contributed by atoms with Crippen molar-refractivity contribution in [1.82, 2.24) is 4.57 Å². The highest BCUT2D eigenvalue weighted by atomic mass is 19.1. The fraction of sp³-hybridized carbons (Fsp3) is 0.387. The lowest BCUT2D eigenvalue weighted by molar-refractivity contribution is -0.143. The van der Waals surface area contributed by atoms with E-state index >= 15 is 0 Å². The maximum atomic E-state index is 13.9. The molecule has 3 aromatic rings. The molecule has 0 fully saturated rings. The van der Waals surface area contributed by atoms with Gasteiger partial charge in [0, 0.05) is 29.8 Å². The van der Waals surface area contributed by atoms with Crippen molar-refractivity contribution < 1.29 is 24.1 Å². The molecule has 2 heterocycles. The van der Waals surface area contributed by atoms with E-state index < -0.39 is 18.2 Å². The van der Waals surface area contributed by atoms with Crippen LogP contribution in [0.2, 0.25) is 0 Å². The van der Waals surface area contributed by atoms with Crippen LogP contribution in [0.25, 0.3) is 28.5 Å². The standard InChI is InChI=1S/C31H36FNO4/c1-3-8-22-11-7-18-33-30(22)27(17-16-25(34)19-26(35)20-28(36)37-2)29(21-12-14-24(32)15-13-21)31(33)23-9-5-4-6-10-23/h4-6,9-10,12-17,22,25-26,34-35H,3,7-8,11,18-20H2,1-2H3/b17-16+. The van der Waals surface area contributed by atoms with Crippen LogP contribution in [0.3, 0.4) is 0 Å². The fourth-order valence-electron chi connectivity index (χ4n) is 5.49. The second kappa shape index (κ2) is 12.3. The number of aliphatic hydroxyl groups excluding tert-OH is 2. The number of hydrogen-bond donors (Lipinski definition) is 2. The van der Waals surface area contributed by atoms with E-state index in [-0.39, 0.29) is 18.7 Å². The predicted octanol–water partition coefficient (Wildman–Crippen LogP) is 6.33. The van der Waals surface area contributed by atoms with Crippen LogP contribution in [-0.2, 0) is 16.1 Å². The number of ether oxygens (including phenoxy) is 1. The Morgan fingerprint density at radius 3 is 2.54 bits per heavy atom. The first kappa shape index (κ1) is 26.8. The summed E-state index contributed by atoms with van der Waals surface area (Å²) >= 11 is 0. The molecule has 0 aliphatic carbocycles. The van der Waals surface area contributed by atoms with Gasteiger partial charge in [-0.2, -0.15) is 0 Å². The highest BCUT2D eigenvalue weighted by molar-refractivity contribution is 5.90. The molecular weight excluding hydrogens is 469 g/mol. The van der Waals surface area contributed by atoms with Crippen molar-refractivity contribution in [3.8, 4) is 22.4 Å². The van der Waals surface area contributed by atoms with Crippen LogP contribution in [0, 0.1) is 5.82 Å². The Morgan fingerprint density at radius 1 is 1.14 bits per heavy atom. The van der Waals surface area contributed by atoms with Gasteiger partial charge in [-0.3, -0.25) is 4.79 Å². The van der Waals surface area contributed by atoms with Crippen LogP contribution in [0.4, 0.5) is 4.39 Å². The van der Waals surface area contributed by atoms with Crippen molar-refractivity contribution in [2.75, 3.05) is 7.11 Å². The molecular formula is C31H36FNO4. The summed E-state index contributed by atoms with van der Waals surface area (Å²) in [5.41, 5.74) is 6.38. The summed E-state index contributed by atoms with van der Waals surface area (Å²) in [4.78, 5) is 11.5. The first-order valence-electron chi connectivity index (χ1n) is 13.1. The monoisotopic (exact) mass is 505 g/mol. The van der Waals surface area contributed by atoms with Crippen molar-refractivity contribution in [2.24, 2.45) is 0 Å². The largest absolute Gasteiger partial charge is 0.469 e. The van der Waals surface area contributed by atoms with E-state index in [2.05, 4.69) is 28.4 Å². The van der Waals surface area contributed by atoms with Gasteiger partial charge >= 0.3 is 5.97 Å². The number of aromatic nitrogens is 1. The van der Waals surface area contributed by atoms with Crippen LogP contribution < -0.4 is 0 Å². The lowest BCUT2D eigenvalue weighted by atomic mass is 9.87. The van der Waals surface area contributed by atoms with Crippen molar-refractivity contribution in [1.29, 1.82) is 0 Å². The fourth-order valence-corrected chi connectivity index (χ4v) is 5.49. The van der Waals surface area contributed by atoms with Crippen molar-refractivity contribution in [3.63, 3.8) is 0 Å². The second-order valence-electron chi connectivity index (χ2n) is 9.77. The molecule has 1 aromatic heterocycles. The molecule has 0 bridgehead atoms. The SMILES string of the molecule is CCCC1CCCn2c(-c3ccccc3)c(-c3ccc(F)cc3)c(/C=C/C(O)CC(O)CC(=O)OC)c21. The highest BCUT2D eigenvalue weighted by Gasteiger charge is 2.30. The molecule has 0 spiro atoms. The van der Waals surface area contributed by atoms with Gasteiger partial charge in [0.1, 0.15) is 5.82 Å². The zero-order valence-electron chi connectivity index (χ0n) is 21.6. The van der Waals surface area contributed by atoms with E-state index in [0.717, 1.165) is 60.2 Å². The summed E-state index contributed by atoms with van der Waals surface area (Å²) in [6.45, 7) is 3.09. The molecule has 3 unspecified atom stereocenters. The predicted molar refractivity (Wildman–Crippen MR) is 144 cm³/mol. The minimum atomic E-state index is -1.00. The average Bonchev–Trinajstić information content (AvgIpc) is 3.23.